The average molecular weight is 386 g/mol. The van der Waals surface area contributed by atoms with E-state index in [-0.39, 0.29) is 12.1 Å². The molecule has 1 aliphatic rings. The summed E-state index contributed by atoms with van der Waals surface area (Å²) < 4.78 is 0. The van der Waals surface area contributed by atoms with Gasteiger partial charge in [-0.2, -0.15) is 15.0 Å². The molecule has 6 heteroatoms. The number of benzene rings is 3. The molecular weight excluding hydrogens is 368 g/mol. The molecule has 0 saturated carbocycles. The van der Waals surface area contributed by atoms with Crippen LogP contribution in [0.5, 0.6) is 0 Å². The van der Waals surface area contributed by atoms with Gasteiger partial charge < -0.3 is 4.90 Å². The van der Waals surface area contributed by atoms with Crippen molar-refractivity contribution in [2.45, 2.75) is 11.1 Å². The summed E-state index contributed by atoms with van der Waals surface area (Å²) in [4.78, 5) is 17.8. The van der Waals surface area contributed by atoms with Crippen molar-refractivity contribution in [1.82, 2.24) is 19.9 Å². The van der Waals surface area contributed by atoms with Crippen LogP contribution in [0, 0.1) is 0 Å². The third-order valence-corrected chi connectivity index (χ3v) is 5.88. The molecule has 1 unspecified atom stereocenters. The molecule has 5 rings (SSSR count). The maximum atomic E-state index is 13.1. The zero-order valence-corrected chi connectivity index (χ0v) is 15.9. The first-order valence-corrected chi connectivity index (χ1v) is 10.2. The first-order valence-electron chi connectivity index (χ1n) is 9.20. The van der Waals surface area contributed by atoms with E-state index in [0.29, 0.717) is 6.54 Å². The van der Waals surface area contributed by atoms with E-state index in [2.05, 4.69) is 22.3 Å². The van der Waals surface area contributed by atoms with Crippen LogP contribution in [0.15, 0.2) is 83.8 Å². The molecule has 1 amide bonds. The number of amides is 1. The Morgan fingerprint density at radius 3 is 2.21 bits per heavy atom. The molecule has 1 aromatic heterocycles. The van der Waals surface area contributed by atoms with Crippen LogP contribution in [-0.2, 0) is 0 Å². The molecule has 0 N–H and O–H groups in total. The molecule has 5 nitrogen and oxygen atoms in total. The van der Waals surface area contributed by atoms with Crippen molar-refractivity contribution in [2.24, 2.45) is 0 Å². The summed E-state index contributed by atoms with van der Waals surface area (Å²) in [7, 11) is 0. The lowest BCUT2D eigenvalue weighted by Gasteiger charge is -2.24. The lowest BCUT2D eigenvalue weighted by molar-refractivity contribution is 0.0689. The fourth-order valence-electron chi connectivity index (χ4n) is 3.59. The maximum absolute atomic E-state index is 13.1. The van der Waals surface area contributed by atoms with E-state index in [1.807, 2.05) is 71.6 Å². The molecule has 0 fully saturated rings. The van der Waals surface area contributed by atoms with Gasteiger partial charge in [-0.05, 0) is 30.3 Å². The van der Waals surface area contributed by atoms with Crippen molar-refractivity contribution >= 4 is 28.7 Å². The summed E-state index contributed by atoms with van der Waals surface area (Å²) in [6, 6.07) is 25.8. The number of hydrogen-bond donors (Lipinski definition) is 0. The van der Waals surface area contributed by atoms with Crippen molar-refractivity contribution in [3.05, 3.63) is 90.0 Å². The third kappa shape index (κ3) is 2.96. The second-order valence-electron chi connectivity index (χ2n) is 6.63. The maximum Gasteiger partial charge on any atom is 0.256 e. The monoisotopic (exact) mass is 386 g/mol. The minimum Gasteiger partial charge on any atom is -0.310 e. The van der Waals surface area contributed by atoms with E-state index in [4.69, 9.17) is 0 Å². The van der Waals surface area contributed by atoms with E-state index >= 15 is 0 Å². The molecule has 3 aromatic carbocycles. The Bertz CT molecular complexity index is 1110. The van der Waals surface area contributed by atoms with Gasteiger partial charge in [0.15, 0.2) is 6.17 Å². The summed E-state index contributed by atoms with van der Waals surface area (Å²) in [6.07, 6.45) is -0.313. The number of carbonyl (C=O) groups is 1. The number of aromatic nitrogens is 3. The number of rotatable bonds is 5. The summed E-state index contributed by atoms with van der Waals surface area (Å²) in [6.45, 7) is 0.621. The molecule has 138 valence electrons. The average Bonchev–Trinajstić information content (AvgIpc) is 3.28. The van der Waals surface area contributed by atoms with Gasteiger partial charge in [-0.3, -0.25) is 4.79 Å². The first kappa shape index (κ1) is 17.0. The molecule has 0 bridgehead atoms. The van der Waals surface area contributed by atoms with Gasteiger partial charge in [0.05, 0.1) is 0 Å². The van der Waals surface area contributed by atoms with E-state index in [9.17, 15) is 4.79 Å². The van der Waals surface area contributed by atoms with Gasteiger partial charge in [-0.25, -0.2) is 0 Å². The lowest BCUT2D eigenvalue weighted by atomic mass is 10.1. The van der Waals surface area contributed by atoms with Crippen molar-refractivity contribution in [3.8, 4) is 0 Å². The van der Waals surface area contributed by atoms with Crippen molar-refractivity contribution in [1.29, 1.82) is 0 Å². The standard InChI is InChI=1S/C22H18N4OS/c27-22-18-11-5-4-10-17(18)21(26-23-19-12-6-7-13-20(19)24-26)25(22)14-15-28-16-8-2-1-3-9-16/h1-13,21H,14-15H2. The molecule has 0 radical (unpaired) electrons. The molecule has 0 saturated heterocycles. The highest BCUT2D eigenvalue weighted by molar-refractivity contribution is 7.99. The Labute approximate surface area is 167 Å². The van der Waals surface area contributed by atoms with Gasteiger partial charge >= 0.3 is 0 Å². The molecule has 0 aliphatic carbocycles. The number of fused-ring (bicyclic) bond motifs is 2. The summed E-state index contributed by atoms with van der Waals surface area (Å²) in [5, 5.41) is 9.30. The predicted molar refractivity (Wildman–Crippen MR) is 110 cm³/mol. The zero-order chi connectivity index (χ0) is 18.9. The minimum absolute atomic E-state index is 0.0376. The summed E-state index contributed by atoms with van der Waals surface area (Å²) in [5.41, 5.74) is 3.35. The van der Waals surface area contributed by atoms with Gasteiger partial charge in [-0.15, -0.1) is 11.8 Å². The molecule has 2 heterocycles. The van der Waals surface area contributed by atoms with Crippen molar-refractivity contribution in [3.63, 3.8) is 0 Å². The fraction of sp³-hybridized carbons (Fsp3) is 0.136. The normalized spacial score (nSPS) is 15.9. The van der Waals surface area contributed by atoms with Crippen LogP contribution in [0.3, 0.4) is 0 Å². The van der Waals surface area contributed by atoms with Gasteiger partial charge in [0.25, 0.3) is 5.91 Å². The van der Waals surface area contributed by atoms with E-state index in [0.717, 1.165) is 27.9 Å². The number of carbonyl (C=O) groups excluding carboxylic acids is 1. The van der Waals surface area contributed by atoms with Crippen LogP contribution >= 0.6 is 11.8 Å². The van der Waals surface area contributed by atoms with Crippen molar-refractivity contribution < 1.29 is 4.79 Å². The van der Waals surface area contributed by atoms with Crippen LogP contribution < -0.4 is 0 Å². The number of thioether (sulfide) groups is 1. The van der Waals surface area contributed by atoms with Gasteiger partial charge in [0, 0.05) is 28.3 Å². The molecule has 1 aliphatic heterocycles. The smallest absolute Gasteiger partial charge is 0.256 e. The van der Waals surface area contributed by atoms with Crippen LogP contribution in [0.1, 0.15) is 22.1 Å². The first-order chi connectivity index (χ1) is 13.8. The third-order valence-electron chi connectivity index (χ3n) is 4.89. The van der Waals surface area contributed by atoms with Crippen LogP contribution in [0.25, 0.3) is 11.0 Å². The fourth-order valence-corrected chi connectivity index (χ4v) is 4.46. The van der Waals surface area contributed by atoms with Crippen LogP contribution in [0.2, 0.25) is 0 Å². The Balaban J connectivity index is 1.46. The topological polar surface area (TPSA) is 51.0 Å². The molecule has 0 spiro atoms. The highest BCUT2D eigenvalue weighted by Crippen LogP contribution is 2.34. The van der Waals surface area contributed by atoms with Crippen LogP contribution in [-0.4, -0.2) is 38.1 Å². The van der Waals surface area contributed by atoms with Crippen molar-refractivity contribution in [2.75, 3.05) is 12.3 Å². The Morgan fingerprint density at radius 2 is 1.46 bits per heavy atom. The highest BCUT2D eigenvalue weighted by atomic mass is 32.2. The minimum atomic E-state index is -0.313. The molecular formula is C22H18N4OS. The van der Waals surface area contributed by atoms with E-state index in [1.54, 1.807) is 16.6 Å². The second kappa shape index (κ2) is 7.13. The van der Waals surface area contributed by atoms with Gasteiger partial charge in [0.1, 0.15) is 11.0 Å². The lowest BCUT2D eigenvalue weighted by Crippen LogP contribution is -2.35. The van der Waals surface area contributed by atoms with E-state index < -0.39 is 0 Å². The van der Waals surface area contributed by atoms with Gasteiger partial charge in [-0.1, -0.05) is 48.5 Å². The zero-order valence-electron chi connectivity index (χ0n) is 15.1. The Morgan fingerprint density at radius 1 is 0.821 bits per heavy atom. The molecule has 1 atom stereocenters. The number of nitrogens with zero attached hydrogens (tertiary/aromatic N) is 4. The Kier molecular flexibility index (Phi) is 4.33. The Hall–Kier alpha value is -3.12. The SMILES string of the molecule is O=C1c2ccccc2C(n2nc3ccccc3n2)N1CCSc1ccccc1. The van der Waals surface area contributed by atoms with Gasteiger partial charge in [0.2, 0.25) is 0 Å². The molecule has 28 heavy (non-hydrogen) atoms. The summed E-state index contributed by atoms with van der Waals surface area (Å²) in [5.74, 6) is 0.844. The quantitative estimate of drug-likeness (QED) is 0.482. The number of hydrogen-bond acceptors (Lipinski definition) is 4. The second-order valence-corrected chi connectivity index (χ2v) is 7.80. The summed E-state index contributed by atoms with van der Waals surface area (Å²) >= 11 is 1.75. The van der Waals surface area contributed by atoms with E-state index in [1.165, 1.54) is 4.90 Å². The van der Waals surface area contributed by atoms with Crippen LogP contribution in [0.4, 0.5) is 0 Å². The molecule has 4 aromatic rings. The predicted octanol–water partition coefficient (Wildman–Crippen LogP) is 4.23. The largest absolute Gasteiger partial charge is 0.310 e. The highest BCUT2D eigenvalue weighted by Gasteiger charge is 2.38.